The molecule has 0 bridgehead atoms. The standard InChI is InChI=1S/C17H24N4O2S/c1-13(2)23-12-11-20-7-9-21(10-8-20)17-19-18-16(24-17)14-3-5-15(22)6-4-14/h3-6,13,22H,7-12H2,1-2H3. The Bertz CT molecular complexity index is 636. The quantitative estimate of drug-likeness (QED) is 0.865. The molecule has 7 heteroatoms. The summed E-state index contributed by atoms with van der Waals surface area (Å²) in [6.07, 6.45) is 0.297. The lowest BCUT2D eigenvalue weighted by Gasteiger charge is -2.34. The molecule has 1 N–H and O–H groups in total. The van der Waals surface area contributed by atoms with Crippen molar-refractivity contribution < 1.29 is 9.84 Å². The van der Waals surface area contributed by atoms with E-state index in [1.165, 1.54) is 0 Å². The number of ether oxygens (including phenoxy) is 1. The van der Waals surface area contributed by atoms with E-state index in [4.69, 9.17) is 4.74 Å². The van der Waals surface area contributed by atoms with Gasteiger partial charge >= 0.3 is 0 Å². The van der Waals surface area contributed by atoms with E-state index in [1.807, 2.05) is 12.1 Å². The summed E-state index contributed by atoms with van der Waals surface area (Å²) in [6, 6.07) is 7.08. The Morgan fingerprint density at radius 1 is 1.12 bits per heavy atom. The first-order chi connectivity index (χ1) is 11.6. The van der Waals surface area contributed by atoms with Crippen LogP contribution >= 0.6 is 11.3 Å². The molecule has 1 aliphatic rings. The minimum atomic E-state index is 0.265. The van der Waals surface area contributed by atoms with Crippen molar-refractivity contribution in [2.24, 2.45) is 0 Å². The molecule has 0 atom stereocenters. The van der Waals surface area contributed by atoms with Crippen LogP contribution in [-0.2, 0) is 4.74 Å². The van der Waals surface area contributed by atoms with Crippen LogP contribution in [0.3, 0.4) is 0 Å². The van der Waals surface area contributed by atoms with Crippen molar-refractivity contribution in [3.8, 4) is 16.3 Å². The molecule has 24 heavy (non-hydrogen) atoms. The van der Waals surface area contributed by atoms with Gasteiger partial charge in [0.05, 0.1) is 12.7 Å². The second-order valence-electron chi connectivity index (χ2n) is 6.18. The fraction of sp³-hybridized carbons (Fsp3) is 0.529. The van der Waals surface area contributed by atoms with Crippen molar-refractivity contribution in [3.05, 3.63) is 24.3 Å². The highest BCUT2D eigenvalue weighted by Crippen LogP contribution is 2.30. The Morgan fingerprint density at radius 2 is 1.83 bits per heavy atom. The van der Waals surface area contributed by atoms with E-state index in [2.05, 4.69) is 33.8 Å². The summed E-state index contributed by atoms with van der Waals surface area (Å²) in [6.45, 7) is 9.89. The molecule has 130 valence electrons. The number of nitrogens with zero attached hydrogens (tertiary/aromatic N) is 4. The largest absolute Gasteiger partial charge is 0.508 e. The average Bonchev–Trinajstić information content (AvgIpc) is 3.06. The lowest BCUT2D eigenvalue weighted by molar-refractivity contribution is 0.0579. The van der Waals surface area contributed by atoms with E-state index in [0.717, 1.165) is 55.0 Å². The van der Waals surface area contributed by atoms with Crippen LogP contribution in [0.2, 0.25) is 0 Å². The number of aromatic nitrogens is 2. The molecule has 0 saturated carbocycles. The molecule has 2 heterocycles. The van der Waals surface area contributed by atoms with E-state index < -0.39 is 0 Å². The van der Waals surface area contributed by atoms with Gasteiger partial charge in [-0.15, -0.1) is 10.2 Å². The van der Waals surface area contributed by atoms with E-state index in [1.54, 1.807) is 23.5 Å². The zero-order valence-electron chi connectivity index (χ0n) is 14.2. The molecule has 0 amide bonds. The number of aromatic hydroxyl groups is 1. The minimum Gasteiger partial charge on any atom is -0.508 e. The highest BCUT2D eigenvalue weighted by molar-refractivity contribution is 7.18. The molecule has 1 aromatic carbocycles. The molecule has 1 aromatic heterocycles. The number of hydrogen-bond acceptors (Lipinski definition) is 7. The summed E-state index contributed by atoms with van der Waals surface area (Å²) in [5.41, 5.74) is 0.987. The van der Waals surface area contributed by atoms with Crippen LogP contribution < -0.4 is 4.90 Å². The summed E-state index contributed by atoms with van der Waals surface area (Å²) in [5, 5.41) is 19.9. The summed E-state index contributed by atoms with van der Waals surface area (Å²) in [7, 11) is 0. The second kappa shape index (κ2) is 7.92. The number of rotatable bonds is 6. The maximum absolute atomic E-state index is 9.37. The van der Waals surface area contributed by atoms with Crippen LogP contribution in [0.25, 0.3) is 10.6 Å². The fourth-order valence-electron chi connectivity index (χ4n) is 2.64. The normalized spacial score (nSPS) is 16.0. The smallest absolute Gasteiger partial charge is 0.208 e. The topological polar surface area (TPSA) is 61.7 Å². The molecular weight excluding hydrogens is 324 g/mol. The molecule has 0 unspecified atom stereocenters. The number of phenolic OH excluding ortho intramolecular Hbond substituents is 1. The number of phenols is 1. The predicted octanol–water partition coefficient (Wildman–Crippen LogP) is 2.46. The maximum atomic E-state index is 9.37. The van der Waals surface area contributed by atoms with Gasteiger partial charge in [0.1, 0.15) is 10.8 Å². The highest BCUT2D eigenvalue weighted by atomic mass is 32.1. The monoisotopic (exact) mass is 348 g/mol. The van der Waals surface area contributed by atoms with Gasteiger partial charge in [0.15, 0.2) is 0 Å². The Morgan fingerprint density at radius 3 is 2.50 bits per heavy atom. The Hall–Kier alpha value is -1.70. The molecule has 0 radical (unpaired) electrons. The van der Waals surface area contributed by atoms with Gasteiger partial charge in [-0.2, -0.15) is 0 Å². The van der Waals surface area contributed by atoms with E-state index >= 15 is 0 Å². The van der Waals surface area contributed by atoms with Crippen molar-refractivity contribution in [2.45, 2.75) is 20.0 Å². The molecule has 0 aliphatic carbocycles. The summed E-state index contributed by atoms with van der Waals surface area (Å²) >= 11 is 1.60. The molecule has 6 nitrogen and oxygen atoms in total. The first-order valence-electron chi connectivity index (χ1n) is 8.33. The third kappa shape index (κ3) is 4.43. The average molecular weight is 348 g/mol. The van der Waals surface area contributed by atoms with Gasteiger partial charge in [-0.25, -0.2) is 0 Å². The third-order valence-electron chi connectivity index (χ3n) is 4.03. The Kier molecular flexibility index (Phi) is 5.65. The summed E-state index contributed by atoms with van der Waals surface area (Å²) in [4.78, 5) is 4.72. The highest BCUT2D eigenvalue weighted by Gasteiger charge is 2.20. The van der Waals surface area contributed by atoms with Gasteiger partial charge in [0.25, 0.3) is 0 Å². The SMILES string of the molecule is CC(C)OCCN1CCN(c2nnc(-c3ccc(O)cc3)s2)CC1. The van der Waals surface area contributed by atoms with Crippen molar-refractivity contribution in [2.75, 3.05) is 44.2 Å². The Labute approximate surface area is 146 Å². The fourth-order valence-corrected chi connectivity index (χ4v) is 3.55. The van der Waals surface area contributed by atoms with Crippen LogP contribution in [0, 0.1) is 0 Å². The molecule has 0 spiro atoms. The van der Waals surface area contributed by atoms with Gasteiger partial charge in [0, 0.05) is 38.3 Å². The number of hydrogen-bond donors (Lipinski definition) is 1. The number of benzene rings is 1. The molecule has 1 fully saturated rings. The number of piperazine rings is 1. The van der Waals surface area contributed by atoms with Crippen LogP contribution in [0.5, 0.6) is 5.75 Å². The predicted molar refractivity (Wildman–Crippen MR) is 96.8 cm³/mol. The van der Waals surface area contributed by atoms with Crippen LogP contribution in [0.4, 0.5) is 5.13 Å². The van der Waals surface area contributed by atoms with E-state index in [9.17, 15) is 5.11 Å². The zero-order chi connectivity index (χ0) is 16.9. The first-order valence-corrected chi connectivity index (χ1v) is 9.15. The lowest BCUT2D eigenvalue weighted by Crippen LogP contribution is -2.47. The zero-order valence-corrected chi connectivity index (χ0v) is 15.0. The van der Waals surface area contributed by atoms with Crippen molar-refractivity contribution in [1.82, 2.24) is 15.1 Å². The van der Waals surface area contributed by atoms with Crippen LogP contribution in [-0.4, -0.2) is 65.6 Å². The summed E-state index contributed by atoms with van der Waals surface area (Å²) in [5.74, 6) is 0.265. The third-order valence-corrected chi connectivity index (χ3v) is 5.06. The summed E-state index contributed by atoms with van der Waals surface area (Å²) < 4.78 is 5.62. The number of anilines is 1. The van der Waals surface area contributed by atoms with E-state index in [0.29, 0.717) is 6.10 Å². The lowest BCUT2D eigenvalue weighted by atomic mass is 10.2. The minimum absolute atomic E-state index is 0.265. The van der Waals surface area contributed by atoms with Crippen LogP contribution in [0.1, 0.15) is 13.8 Å². The molecule has 1 aliphatic heterocycles. The molecular formula is C17H24N4O2S. The Balaban J connectivity index is 1.53. The maximum Gasteiger partial charge on any atom is 0.208 e. The molecule has 1 saturated heterocycles. The van der Waals surface area contributed by atoms with Gasteiger partial charge in [0.2, 0.25) is 5.13 Å². The molecule has 2 aromatic rings. The molecule has 3 rings (SSSR count). The van der Waals surface area contributed by atoms with Gasteiger partial charge < -0.3 is 14.7 Å². The second-order valence-corrected chi connectivity index (χ2v) is 7.14. The van der Waals surface area contributed by atoms with Gasteiger partial charge in [-0.3, -0.25) is 4.90 Å². The van der Waals surface area contributed by atoms with Gasteiger partial charge in [-0.1, -0.05) is 11.3 Å². The van der Waals surface area contributed by atoms with E-state index in [-0.39, 0.29) is 5.75 Å². The van der Waals surface area contributed by atoms with Crippen molar-refractivity contribution >= 4 is 16.5 Å². The van der Waals surface area contributed by atoms with Crippen molar-refractivity contribution in [3.63, 3.8) is 0 Å². The van der Waals surface area contributed by atoms with Crippen LogP contribution in [0.15, 0.2) is 24.3 Å². The first kappa shape index (κ1) is 17.1. The van der Waals surface area contributed by atoms with Crippen molar-refractivity contribution in [1.29, 1.82) is 0 Å². The van der Waals surface area contributed by atoms with Gasteiger partial charge in [-0.05, 0) is 38.1 Å².